The number of rotatable bonds is 2. The van der Waals surface area contributed by atoms with E-state index in [2.05, 4.69) is 4.98 Å². The first-order valence-corrected chi connectivity index (χ1v) is 6.08. The molecule has 0 spiro atoms. The van der Waals surface area contributed by atoms with Gasteiger partial charge < -0.3 is 9.84 Å². The Bertz CT molecular complexity index is 453. The van der Waals surface area contributed by atoms with Crippen LogP contribution in [0.4, 0.5) is 0 Å². The van der Waals surface area contributed by atoms with Gasteiger partial charge in [0, 0.05) is 18.3 Å². The SMILES string of the molecule is BC1(O)C(C(=O)OC(C)(C)C)C1c1cccnc1. The number of hydrogen-bond acceptors (Lipinski definition) is 4. The Kier molecular flexibility index (Phi) is 2.97. The smallest absolute Gasteiger partial charge is 0.312 e. The molecule has 4 nitrogen and oxygen atoms in total. The second-order valence-electron chi connectivity index (χ2n) is 6.00. The van der Waals surface area contributed by atoms with Gasteiger partial charge in [-0.3, -0.25) is 9.78 Å². The third kappa shape index (κ3) is 2.41. The second kappa shape index (κ2) is 4.09. The number of ether oxygens (including phenoxy) is 1. The highest BCUT2D eigenvalue weighted by atomic mass is 16.6. The van der Waals surface area contributed by atoms with E-state index in [1.54, 1.807) is 26.3 Å². The summed E-state index contributed by atoms with van der Waals surface area (Å²) in [5.41, 5.74) is -0.695. The van der Waals surface area contributed by atoms with Gasteiger partial charge in [-0.25, -0.2) is 0 Å². The van der Waals surface area contributed by atoms with Crippen molar-refractivity contribution in [3.63, 3.8) is 0 Å². The molecule has 0 radical (unpaired) electrons. The standard InChI is InChI=1S/C13H18BNO3/c1-12(2,3)18-11(16)10-9(13(10,14)17)8-5-4-6-15-7-8/h4-7,9-10,17H,14H2,1-3H3. The zero-order chi connectivity index (χ0) is 13.6. The predicted octanol–water partition coefficient (Wildman–Crippen LogP) is 0.458. The number of carbonyl (C=O) groups is 1. The summed E-state index contributed by atoms with van der Waals surface area (Å²) in [6.07, 6.45) is 3.35. The average Bonchev–Trinajstić information content (AvgIpc) is 2.80. The molecule has 18 heavy (non-hydrogen) atoms. The molecule has 0 saturated heterocycles. The van der Waals surface area contributed by atoms with Gasteiger partial charge in [0.25, 0.3) is 0 Å². The molecule has 1 aliphatic carbocycles. The molecule has 1 aromatic heterocycles. The maximum absolute atomic E-state index is 12.0. The van der Waals surface area contributed by atoms with Crippen LogP contribution < -0.4 is 0 Å². The van der Waals surface area contributed by atoms with Gasteiger partial charge in [0.15, 0.2) is 0 Å². The van der Waals surface area contributed by atoms with Crippen LogP contribution >= 0.6 is 0 Å². The molecule has 1 saturated carbocycles. The third-order valence-corrected chi connectivity index (χ3v) is 3.19. The normalized spacial score (nSPS) is 30.9. The number of aromatic nitrogens is 1. The first kappa shape index (κ1) is 13.1. The number of aliphatic hydroxyl groups is 1. The summed E-state index contributed by atoms with van der Waals surface area (Å²) in [5.74, 6) is -1.07. The maximum atomic E-state index is 12.0. The van der Waals surface area contributed by atoms with Gasteiger partial charge in [0.1, 0.15) is 13.4 Å². The Morgan fingerprint density at radius 3 is 2.72 bits per heavy atom. The van der Waals surface area contributed by atoms with E-state index in [0.29, 0.717) is 0 Å². The zero-order valence-corrected chi connectivity index (χ0v) is 11.2. The Hall–Kier alpha value is -1.36. The number of esters is 1. The van der Waals surface area contributed by atoms with Gasteiger partial charge in [-0.1, -0.05) is 6.07 Å². The van der Waals surface area contributed by atoms with Crippen LogP contribution in [0.2, 0.25) is 0 Å². The number of nitrogens with zero attached hydrogens (tertiary/aromatic N) is 1. The summed E-state index contributed by atoms with van der Waals surface area (Å²) in [6.45, 7) is 5.46. The van der Waals surface area contributed by atoms with Crippen molar-refractivity contribution >= 4 is 13.8 Å². The van der Waals surface area contributed by atoms with Crippen LogP contribution in [0.25, 0.3) is 0 Å². The van der Waals surface area contributed by atoms with Crippen LogP contribution in [0.5, 0.6) is 0 Å². The summed E-state index contributed by atoms with van der Waals surface area (Å²) >= 11 is 0. The predicted molar refractivity (Wildman–Crippen MR) is 69.8 cm³/mol. The molecule has 1 fully saturated rings. The fourth-order valence-corrected chi connectivity index (χ4v) is 2.33. The molecule has 2 rings (SSSR count). The lowest BCUT2D eigenvalue weighted by atomic mass is 9.91. The summed E-state index contributed by atoms with van der Waals surface area (Å²) in [5, 5.41) is 10.2. The van der Waals surface area contributed by atoms with Crippen molar-refractivity contribution in [2.24, 2.45) is 5.92 Å². The minimum Gasteiger partial charge on any atom is -0.460 e. The largest absolute Gasteiger partial charge is 0.460 e. The summed E-state index contributed by atoms with van der Waals surface area (Å²) in [7, 11) is 1.67. The Morgan fingerprint density at radius 2 is 2.22 bits per heavy atom. The monoisotopic (exact) mass is 247 g/mol. The van der Waals surface area contributed by atoms with Crippen molar-refractivity contribution in [3.8, 4) is 0 Å². The van der Waals surface area contributed by atoms with E-state index < -0.39 is 17.0 Å². The molecule has 3 unspecified atom stereocenters. The molecule has 96 valence electrons. The fourth-order valence-electron chi connectivity index (χ4n) is 2.33. The number of pyridine rings is 1. The van der Waals surface area contributed by atoms with Crippen molar-refractivity contribution in [1.29, 1.82) is 0 Å². The minimum atomic E-state index is -1.04. The van der Waals surface area contributed by atoms with E-state index in [1.807, 2.05) is 26.8 Å². The highest BCUT2D eigenvalue weighted by Gasteiger charge is 2.65. The molecular weight excluding hydrogens is 229 g/mol. The van der Waals surface area contributed by atoms with Crippen LogP contribution in [-0.4, -0.2) is 35.0 Å². The molecule has 5 heteroatoms. The molecule has 1 aliphatic rings. The van der Waals surface area contributed by atoms with Gasteiger partial charge in [0.05, 0.1) is 11.4 Å². The lowest BCUT2D eigenvalue weighted by Crippen LogP contribution is -2.27. The minimum absolute atomic E-state index is 0.221. The zero-order valence-electron chi connectivity index (χ0n) is 11.2. The highest BCUT2D eigenvalue weighted by molar-refractivity contribution is 6.20. The van der Waals surface area contributed by atoms with Crippen molar-refractivity contribution in [3.05, 3.63) is 30.1 Å². The van der Waals surface area contributed by atoms with E-state index in [9.17, 15) is 9.90 Å². The Balaban J connectivity index is 2.15. The van der Waals surface area contributed by atoms with Crippen molar-refractivity contribution in [1.82, 2.24) is 4.98 Å². The van der Waals surface area contributed by atoms with Crippen LogP contribution in [0.1, 0.15) is 32.3 Å². The van der Waals surface area contributed by atoms with Gasteiger partial charge in [0.2, 0.25) is 0 Å². The third-order valence-electron chi connectivity index (χ3n) is 3.19. The van der Waals surface area contributed by atoms with Gasteiger partial charge in [-0.2, -0.15) is 0 Å². The Morgan fingerprint density at radius 1 is 1.56 bits per heavy atom. The fraction of sp³-hybridized carbons (Fsp3) is 0.538. The van der Waals surface area contributed by atoms with Crippen LogP contribution in [0.3, 0.4) is 0 Å². The molecule has 0 aliphatic heterocycles. The average molecular weight is 247 g/mol. The van der Waals surface area contributed by atoms with Gasteiger partial charge in [-0.15, -0.1) is 0 Å². The summed E-state index contributed by atoms with van der Waals surface area (Å²) in [6, 6.07) is 3.67. The molecule has 3 atom stereocenters. The van der Waals surface area contributed by atoms with Crippen LogP contribution in [-0.2, 0) is 9.53 Å². The van der Waals surface area contributed by atoms with Gasteiger partial charge in [-0.05, 0) is 32.4 Å². The summed E-state index contributed by atoms with van der Waals surface area (Å²) in [4.78, 5) is 16.0. The lowest BCUT2D eigenvalue weighted by Gasteiger charge is -2.19. The number of hydrogen-bond donors (Lipinski definition) is 1. The highest BCUT2D eigenvalue weighted by Crippen LogP contribution is 2.56. The van der Waals surface area contributed by atoms with Crippen molar-refractivity contribution < 1.29 is 14.6 Å². The lowest BCUT2D eigenvalue weighted by molar-refractivity contribution is -0.157. The van der Waals surface area contributed by atoms with Crippen LogP contribution in [0.15, 0.2) is 24.5 Å². The molecule has 0 amide bonds. The molecule has 0 aromatic carbocycles. The topological polar surface area (TPSA) is 59.4 Å². The quantitative estimate of drug-likeness (QED) is 0.609. The van der Waals surface area contributed by atoms with E-state index in [0.717, 1.165) is 5.56 Å². The summed E-state index contributed by atoms with van der Waals surface area (Å²) < 4.78 is 5.33. The van der Waals surface area contributed by atoms with E-state index >= 15 is 0 Å². The van der Waals surface area contributed by atoms with E-state index in [1.165, 1.54) is 0 Å². The van der Waals surface area contributed by atoms with E-state index in [4.69, 9.17) is 4.74 Å². The van der Waals surface area contributed by atoms with Crippen molar-refractivity contribution in [2.75, 3.05) is 0 Å². The molecular formula is C13H18BNO3. The molecule has 1 N–H and O–H groups in total. The molecule has 1 heterocycles. The van der Waals surface area contributed by atoms with Crippen molar-refractivity contribution in [2.45, 2.75) is 37.8 Å². The first-order chi connectivity index (χ1) is 8.23. The first-order valence-electron chi connectivity index (χ1n) is 6.08. The maximum Gasteiger partial charge on any atom is 0.312 e. The number of carbonyl (C=O) groups excluding carboxylic acids is 1. The second-order valence-corrected chi connectivity index (χ2v) is 6.00. The van der Waals surface area contributed by atoms with Crippen LogP contribution in [0, 0.1) is 5.92 Å². The van der Waals surface area contributed by atoms with Gasteiger partial charge >= 0.3 is 5.97 Å². The molecule has 1 aromatic rings. The van der Waals surface area contributed by atoms with E-state index in [-0.39, 0.29) is 11.9 Å². The Labute approximate surface area is 108 Å². The molecule has 0 bridgehead atoms.